The number of H-pyrrole nitrogens is 1. The SMILES string of the molecule is CC(C)N1CCN(C(c2ccc(-c3ccc(F)cc3)cc2)c2cn[nH]c2-c2ccco2)CC1. The van der Waals surface area contributed by atoms with Gasteiger partial charge in [-0.25, -0.2) is 4.39 Å². The third-order valence-corrected chi connectivity index (χ3v) is 6.58. The molecule has 5 nitrogen and oxygen atoms in total. The highest BCUT2D eigenvalue weighted by atomic mass is 19.1. The van der Waals surface area contributed by atoms with Crippen molar-refractivity contribution in [1.82, 2.24) is 20.0 Å². The lowest BCUT2D eigenvalue weighted by Crippen LogP contribution is -2.50. The fourth-order valence-electron chi connectivity index (χ4n) is 4.72. The molecule has 0 saturated carbocycles. The fourth-order valence-corrected chi connectivity index (χ4v) is 4.72. The predicted octanol–water partition coefficient (Wildman–Crippen LogP) is 5.59. The molecule has 170 valence electrons. The van der Waals surface area contributed by atoms with Crippen molar-refractivity contribution in [3.05, 3.63) is 90.1 Å². The number of aromatic amines is 1. The summed E-state index contributed by atoms with van der Waals surface area (Å²) >= 11 is 0. The molecule has 0 bridgehead atoms. The van der Waals surface area contributed by atoms with Gasteiger partial charge in [-0.05, 0) is 54.8 Å². The number of hydrogen-bond acceptors (Lipinski definition) is 4. The molecule has 3 heterocycles. The van der Waals surface area contributed by atoms with Crippen LogP contribution in [0.1, 0.15) is 31.0 Å². The molecule has 4 aromatic rings. The molecule has 1 fully saturated rings. The van der Waals surface area contributed by atoms with E-state index in [2.05, 4.69) is 58.1 Å². The molecule has 5 rings (SSSR count). The lowest BCUT2D eigenvalue weighted by Gasteiger charge is -2.41. The number of nitrogens with zero attached hydrogens (tertiary/aromatic N) is 3. The van der Waals surface area contributed by atoms with Crippen molar-refractivity contribution < 1.29 is 8.81 Å². The summed E-state index contributed by atoms with van der Waals surface area (Å²) in [6.45, 7) is 8.54. The van der Waals surface area contributed by atoms with Gasteiger partial charge in [-0.15, -0.1) is 0 Å². The van der Waals surface area contributed by atoms with E-state index in [4.69, 9.17) is 4.42 Å². The highest BCUT2D eigenvalue weighted by Crippen LogP contribution is 2.36. The summed E-state index contributed by atoms with van der Waals surface area (Å²) in [7, 11) is 0. The highest BCUT2D eigenvalue weighted by molar-refractivity contribution is 5.64. The van der Waals surface area contributed by atoms with Gasteiger partial charge in [-0.1, -0.05) is 36.4 Å². The van der Waals surface area contributed by atoms with Crippen molar-refractivity contribution in [1.29, 1.82) is 0 Å². The highest BCUT2D eigenvalue weighted by Gasteiger charge is 2.30. The Kier molecular flexibility index (Phi) is 6.11. The monoisotopic (exact) mass is 444 g/mol. The second-order valence-corrected chi connectivity index (χ2v) is 8.87. The molecule has 1 unspecified atom stereocenters. The number of hydrogen-bond donors (Lipinski definition) is 1. The number of benzene rings is 2. The maximum absolute atomic E-state index is 13.3. The molecule has 1 saturated heterocycles. The van der Waals surface area contributed by atoms with E-state index in [1.165, 1.54) is 17.7 Å². The molecule has 2 aromatic heterocycles. The summed E-state index contributed by atoms with van der Waals surface area (Å²) in [6, 6.07) is 19.7. The van der Waals surface area contributed by atoms with Gasteiger partial charge in [0.25, 0.3) is 0 Å². The minimum absolute atomic E-state index is 0.0560. The Labute approximate surface area is 193 Å². The molecular formula is C27H29FN4O. The van der Waals surface area contributed by atoms with E-state index in [0.717, 1.165) is 54.3 Å². The fraction of sp³-hybridized carbons (Fsp3) is 0.296. The minimum Gasteiger partial charge on any atom is -0.463 e. The molecule has 1 aliphatic heterocycles. The number of piperazine rings is 1. The van der Waals surface area contributed by atoms with E-state index in [0.29, 0.717) is 6.04 Å². The van der Waals surface area contributed by atoms with E-state index in [1.807, 2.05) is 30.5 Å². The summed E-state index contributed by atoms with van der Waals surface area (Å²) in [5, 5.41) is 7.53. The number of furan rings is 1. The van der Waals surface area contributed by atoms with Crippen LogP contribution in [-0.2, 0) is 0 Å². The zero-order chi connectivity index (χ0) is 22.8. The molecule has 0 spiro atoms. The molecule has 6 heteroatoms. The average molecular weight is 445 g/mol. The van der Waals surface area contributed by atoms with Crippen molar-refractivity contribution in [3.63, 3.8) is 0 Å². The molecule has 0 aliphatic carbocycles. The van der Waals surface area contributed by atoms with Crippen LogP contribution < -0.4 is 0 Å². The largest absolute Gasteiger partial charge is 0.463 e. The first-order valence-corrected chi connectivity index (χ1v) is 11.5. The lowest BCUT2D eigenvalue weighted by molar-refractivity contribution is 0.0894. The average Bonchev–Trinajstić information content (AvgIpc) is 3.53. The number of rotatable bonds is 6. The van der Waals surface area contributed by atoms with Crippen LogP contribution >= 0.6 is 0 Å². The first kappa shape index (κ1) is 21.6. The van der Waals surface area contributed by atoms with Gasteiger partial charge in [-0.2, -0.15) is 5.10 Å². The van der Waals surface area contributed by atoms with E-state index < -0.39 is 0 Å². The zero-order valence-electron chi connectivity index (χ0n) is 19.0. The van der Waals surface area contributed by atoms with Gasteiger partial charge in [0.15, 0.2) is 5.76 Å². The second-order valence-electron chi connectivity index (χ2n) is 8.87. The topological polar surface area (TPSA) is 48.3 Å². The van der Waals surface area contributed by atoms with Crippen molar-refractivity contribution in [2.45, 2.75) is 25.9 Å². The molecule has 2 aromatic carbocycles. The van der Waals surface area contributed by atoms with Gasteiger partial charge in [0.1, 0.15) is 11.5 Å². The van der Waals surface area contributed by atoms with Crippen LogP contribution in [0.25, 0.3) is 22.6 Å². The van der Waals surface area contributed by atoms with Crippen molar-refractivity contribution in [2.24, 2.45) is 0 Å². The van der Waals surface area contributed by atoms with E-state index >= 15 is 0 Å². The first-order valence-electron chi connectivity index (χ1n) is 11.5. The van der Waals surface area contributed by atoms with Crippen LogP contribution in [0.3, 0.4) is 0 Å². The van der Waals surface area contributed by atoms with Crippen LogP contribution in [0.4, 0.5) is 4.39 Å². The Bertz CT molecular complexity index is 1160. The van der Waals surface area contributed by atoms with Gasteiger partial charge in [0.05, 0.1) is 18.5 Å². The second kappa shape index (κ2) is 9.33. The first-order chi connectivity index (χ1) is 16.1. The quantitative estimate of drug-likeness (QED) is 0.421. The summed E-state index contributed by atoms with van der Waals surface area (Å²) in [5.41, 5.74) is 5.30. The van der Waals surface area contributed by atoms with Crippen LogP contribution in [0, 0.1) is 5.82 Å². The van der Waals surface area contributed by atoms with Crippen LogP contribution in [-0.4, -0.2) is 52.2 Å². The van der Waals surface area contributed by atoms with Gasteiger partial charge in [0, 0.05) is 37.8 Å². The standard InChI is InChI=1S/C27H29FN4O/c1-19(2)31-13-15-32(16-14-31)27(24-18-29-30-26(24)25-4-3-17-33-25)22-7-5-20(6-8-22)21-9-11-23(28)12-10-21/h3-12,17-19,27H,13-16H2,1-2H3,(H,29,30). The van der Waals surface area contributed by atoms with Crippen LogP contribution in [0.2, 0.25) is 0 Å². The summed E-state index contributed by atoms with van der Waals surface area (Å²) < 4.78 is 19.0. The maximum Gasteiger partial charge on any atom is 0.151 e. The molecule has 0 amide bonds. The smallest absolute Gasteiger partial charge is 0.151 e. The van der Waals surface area contributed by atoms with Crippen LogP contribution in [0.15, 0.2) is 77.5 Å². The Morgan fingerprint density at radius 3 is 2.12 bits per heavy atom. The Balaban J connectivity index is 1.50. The lowest BCUT2D eigenvalue weighted by atomic mass is 9.94. The van der Waals surface area contributed by atoms with Crippen molar-refractivity contribution in [2.75, 3.05) is 26.2 Å². The van der Waals surface area contributed by atoms with E-state index in [-0.39, 0.29) is 11.9 Å². The molecule has 0 radical (unpaired) electrons. The number of nitrogens with one attached hydrogen (secondary N) is 1. The molecular weight excluding hydrogens is 415 g/mol. The third-order valence-electron chi connectivity index (χ3n) is 6.58. The van der Waals surface area contributed by atoms with Crippen LogP contribution in [0.5, 0.6) is 0 Å². The Morgan fingerprint density at radius 1 is 0.879 bits per heavy atom. The zero-order valence-corrected chi connectivity index (χ0v) is 19.0. The summed E-state index contributed by atoms with van der Waals surface area (Å²) in [6.07, 6.45) is 3.61. The minimum atomic E-state index is -0.221. The Morgan fingerprint density at radius 2 is 1.52 bits per heavy atom. The van der Waals surface area contributed by atoms with E-state index in [1.54, 1.807) is 6.26 Å². The summed E-state index contributed by atoms with van der Waals surface area (Å²) in [4.78, 5) is 5.05. The van der Waals surface area contributed by atoms with Gasteiger partial charge < -0.3 is 4.42 Å². The van der Waals surface area contributed by atoms with Crippen molar-refractivity contribution in [3.8, 4) is 22.6 Å². The maximum atomic E-state index is 13.3. The number of halogens is 1. The molecule has 1 N–H and O–H groups in total. The van der Waals surface area contributed by atoms with Crippen molar-refractivity contribution >= 4 is 0 Å². The van der Waals surface area contributed by atoms with Gasteiger partial charge >= 0.3 is 0 Å². The molecule has 33 heavy (non-hydrogen) atoms. The Hall–Kier alpha value is -3.22. The van der Waals surface area contributed by atoms with Gasteiger partial charge in [-0.3, -0.25) is 14.9 Å². The van der Waals surface area contributed by atoms with Gasteiger partial charge in [0.2, 0.25) is 0 Å². The molecule has 1 atom stereocenters. The molecule has 1 aliphatic rings. The predicted molar refractivity (Wildman–Crippen MR) is 128 cm³/mol. The summed E-state index contributed by atoms with van der Waals surface area (Å²) in [5.74, 6) is 0.567. The normalized spacial score (nSPS) is 16.4. The third kappa shape index (κ3) is 4.49. The van der Waals surface area contributed by atoms with E-state index in [9.17, 15) is 4.39 Å². The number of aromatic nitrogens is 2.